The lowest BCUT2D eigenvalue weighted by Crippen LogP contribution is -2.50. The van der Waals surface area contributed by atoms with Gasteiger partial charge in [0.1, 0.15) is 4.90 Å². The Morgan fingerprint density at radius 1 is 0.906 bits per heavy atom. The fourth-order valence-corrected chi connectivity index (χ4v) is 6.38. The van der Waals surface area contributed by atoms with E-state index in [2.05, 4.69) is 5.10 Å². The summed E-state index contributed by atoms with van der Waals surface area (Å²) in [5.41, 5.74) is 3.55. The Kier molecular flexibility index (Phi) is 5.53. The first kappa shape index (κ1) is 21.2. The van der Waals surface area contributed by atoms with Crippen molar-refractivity contribution >= 4 is 27.5 Å². The van der Waals surface area contributed by atoms with E-state index in [1.54, 1.807) is 23.1 Å². The van der Waals surface area contributed by atoms with Crippen LogP contribution in [0.5, 0.6) is 0 Å². The Hall–Kier alpha value is -2.68. The van der Waals surface area contributed by atoms with Crippen molar-refractivity contribution < 1.29 is 13.2 Å². The molecule has 0 bridgehead atoms. The average Bonchev–Trinajstić information content (AvgIpc) is 3.42. The molecule has 2 heterocycles. The van der Waals surface area contributed by atoms with E-state index in [9.17, 15) is 13.2 Å². The number of hydrogen-bond donors (Lipinski definition) is 0. The predicted octanol–water partition coefficient (Wildman–Crippen LogP) is 3.16. The Morgan fingerprint density at radius 3 is 2.31 bits per heavy atom. The van der Waals surface area contributed by atoms with Gasteiger partial charge < -0.3 is 4.90 Å². The van der Waals surface area contributed by atoms with Crippen molar-refractivity contribution in [1.29, 1.82) is 0 Å². The number of carbonyl (C=O) groups excluding carboxylic acids is 1. The molecule has 3 aromatic rings. The summed E-state index contributed by atoms with van der Waals surface area (Å²) in [4.78, 5) is 15.1. The second kappa shape index (κ2) is 8.35. The number of fused-ring (bicyclic) bond motifs is 1. The summed E-state index contributed by atoms with van der Waals surface area (Å²) < 4.78 is 29.3. The third-order valence-electron chi connectivity index (χ3n) is 6.11. The zero-order valence-electron chi connectivity index (χ0n) is 17.4. The maximum Gasteiger partial charge on any atom is 0.274 e. The molecule has 5 rings (SSSR count). The van der Waals surface area contributed by atoms with E-state index in [1.807, 2.05) is 35.0 Å². The molecular formula is C23H23ClN4O3S. The van der Waals surface area contributed by atoms with Crippen LogP contribution in [-0.2, 0) is 22.9 Å². The number of nitrogens with zero attached hydrogens (tertiary/aromatic N) is 4. The molecule has 0 atom stereocenters. The smallest absolute Gasteiger partial charge is 0.274 e. The number of hydrogen-bond acceptors (Lipinski definition) is 4. The fraction of sp³-hybridized carbons (Fsp3) is 0.304. The van der Waals surface area contributed by atoms with Crippen LogP contribution in [0.15, 0.2) is 59.5 Å². The van der Waals surface area contributed by atoms with Gasteiger partial charge in [-0.1, -0.05) is 41.9 Å². The van der Waals surface area contributed by atoms with Crippen LogP contribution in [0.2, 0.25) is 5.02 Å². The van der Waals surface area contributed by atoms with Gasteiger partial charge >= 0.3 is 0 Å². The summed E-state index contributed by atoms with van der Waals surface area (Å²) in [5, 5.41) is 4.88. The maximum absolute atomic E-state index is 13.3. The molecule has 2 aliphatic rings. The number of carbonyl (C=O) groups is 1. The molecule has 2 aromatic carbocycles. The molecule has 1 aromatic heterocycles. The van der Waals surface area contributed by atoms with E-state index in [0.717, 1.165) is 36.2 Å². The van der Waals surface area contributed by atoms with Crippen molar-refractivity contribution in [3.63, 3.8) is 0 Å². The predicted molar refractivity (Wildman–Crippen MR) is 122 cm³/mol. The van der Waals surface area contributed by atoms with Gasteiger partial charge in [0.15, 0.2) is 5.69 Å². The Balaban J connectivity index is 1.35. The molecule has 1 aliphatic carbocycles. The molecule has 32 heavy (non-hydrogen) atoms. The topological polar surface area (TPSA) is 75.5 Å². The first-order chi connectivity index (χ1) is 15.5. The molecule has 9 heteroatoms. The highest BCUT2D eigenvalue weighted by Crippen LogP contribution is 2.29. The van der Waals surface area contributed by atoms with Crippen LogP contribution in [0, 0.1) is 0 Å². The zero-order chi connectivity index (χ0) is 22.3. The van der Waals surface area contributed by atoms with E-state index in [-0.39, 0.29) is 28.9 Å². The standard InChI is InChI=1S/C23H23ClN4O3S/c24-19-10-4-5-12-21(19)32(30,31)27-15-13-26(14-16-27)23(29)22-18-9-6-11-20(18)28(25-22)17-7-2-1-3-8-17/h1-5,7-8,10,12H,6,9,11,13-16H2. The second-order valence-corrected chi connectivity index (χ2v) is 10.3. The van der Waals surface area contributed by atoms with Gasteiger partial charge in [0.2, 0.25) is 10.0 Å². The summed E-state index contributed by atoms with van der Waals surface area (Å²) in [6, 6.07) is 16.3. The van der Waals surface area contributed by atoms with Gasteiger partial charge in [-0.3, -0.25) is 4.79 Å². The van der Waals surface area contributed by atoms with Crippen LogP contribution >= 0.6 is 11.6 Å². The number of benzene rings is 2. The van der Waals surface area contributed by atoms with E-state index in [4.69, 9.17) is 11.6 Å². The lowest BCUT2D eigenvalue weighted by atomic mass is 10.1. The monoisotopic (exact) mass is 470 g/mol. The normalized spacial score (nSPS) is 16.8. The zero-order valence-corrected chi connectivity index (χ0v) is 19.0. The van der Waals surface area contributed by atoms with Crippen LogP contribution in [-0.4, -0.2) is 59.5 Å². The van der Waals surface area contributed by atoms with Gasteiger partial charge in [-0.05, 0) is 43.5 Å². The Labute approximate surface area is 192 Å². The van der Waals surface area contributed by atoms with Crippen molar-refractivity contribution in [2.24, 2.45) is 0 Å². The molecule has 1 saturated heterocycles. The summed E-state index contributed by atoms with van der Waals surface area (Å²) >= 11 is 6.11. The van der Waals surface area contributed by atoms with Crippen LogP contribution < -0.4 is 0 Å². The van der Waals surface area contributed by atoms with Crippen LogP contribution in [0.4, 0.5) is 0 Å². The Bertz CT molecular complexity index is 1270. The lowest BCUT2D eigenvalue weighted by Gasteiger charge is -2.33. The van der Waals surface area contributed by atoms with E-state index in [0.29, 0.717) is 18.8 Å². The van der Waals surface area contributed by atoms with Crippen LogP contribution in [0.3, 0.4) is 0 Å². The number of para-hydroxylation sites is 1. The minimum atomic E-state index is -3.70. The lowest BCUT2D eigenvalue weighted by molar-refractivity contribution is 0.0690. The van der Waals surface area contributed by atoms with E-state index in [1.165, 1.54) is 10.4 Å². The van der Waals surface area contributed by atoms with Gasteiger partial charge in [0.25, 0.3) is 5.91 Å². The molecule has 1 aliphatic heterocycles. The minimum absolute atomic E-state index is 0.0980. The highest BCUT2D eigenvalue weighted by Gasteiger charge is 2.34. The van der Waals surface area contributed by atoms with Gasteiger partial charge in [-0.25, -0.2) is 13.1 Å². The van der Waals surface area contributed by atoms with Crippen LogP contribution in [0.1, 0.15) is 28.2 Å². The quantitative estimate of drug-likeness (QED) is 0.587. The molecule has 0 radical (unpaired) electrons. The van der Waals surface area contributed by atoms with Crippen molar-refractivity contribution in [3.05, 3.63) is 76.6 Å². The largest absolute Gasteiger partial charge is 0.335 e. The molecule has 0 unspecified atom stereocenters. The summed E-state index contributed by atoms with van der Waals surface area (Å²) in [5.74, 6) is -0.132. The highest BCUT2D eigenvalue weighted by atomic mass is 35.5. The van der Waals surface area contributed by atoms with E-state index < -0.39 is 10.0 Å². The first-order valence-corrected chi connectivity index (χ1v) is 12.5. The second-order valence-electron chi connectivity index (χ2n) is 8.00. The minimum Gasteiger partial charge on any atom is -0.335 e. The van der Waals surface area contributed by atoms with Gasteiger partial charge in [-0.15, -0.1) is 0 Å². The SMILES string of the molecule is O=C(c1nn(-c2ccccc2)c2c1CCC2)N1CCN(S(=O)(=O)c2ccccc2Cl)CC1. The fourth-order valence-electron chi connectivity index (χ4n) is 4.47. The number of rotatable bonds is 4. The third-order valence-corrected chi connectivity index (χ3v) is 8.51. The maximum atomic E-state index is 13.3. The molecular weight excluding hydrogens is 448 g/mol. The molecule has 7 nitrogen and oxygen atoms in total. The van der Waals surface area contributed by atoms with Crippen LogP contribution in [0.25, 0.3) is 5.69 Å². The molecule has 0 spiro atoms. The van der Waals surface area contributed by atoms with Gasteiger partial charge in [-0.2, -0.15) is 9.40 Å². The van der Waals surface area contributed by atoms with Crippen molar-refractivity contribution in [2.75, 3.05) is 26.2 Å². The number of piperazine rings is 1. The van der Waals surface area contributed by atoms with E-state index >= 15 is 0 Å². The molecule has 0 saturated carbocycles. The third kappa shape index (κ3) is 3.62. The molecule has 1 fully saturated rings. The van der Waals surface area contributed by atoms with Gasteiger partial charge in [0.05, 0.1) is 10.7 Å². The van der Waals surface area contributed by atoms with Crippen molar-refractivity contribution in [1.82, 2.24) is 19.0 Å². The first-order valence-electron chi connectivity index (χ1n) is 10.7. The summed E-state index contributed by atoms with van der Waals surface area (Å²) in [7, 11) is -3.70. The number of sulfonamides is 1. The average molecular weight is 471 g/mol. The number of halogens is 1. The summed E-state index contributed by atoms with van der Waals surface area (Å²) in [6.07, 6.45) is 2.74. The van der Waals surface area contributed by atoms with Gasteiger partial charge in [0, 0.05) is 37.4 Å². The van der Waals surface area contributed by atoms with Crippen molar-refractivity contribution in [3.8, 4) is 5.69 Å². The molecule has 1 amide bonds. The molecule has 166 valence electrons. The summed E-state index contributed by atoms with van der Waals surface area (Å²) in [6.45, 7) is 1.08. The van der Waals surface area contributed by atoms with Crippen molar-refractivity contribution in [2.45, 2.75) is 24.2 Å². The highest BCUT2D eigenvalue weighted by molar-refractivity contribution is 7.89. The Morgan fingerprint density at radius 2 is 1.59 bits per heavy atom. The number of amides is 1. The molecule has 0 N–H and O–H groups in total. The number of aromatic nitrogens is 2.